The summed E-state index contributed by atoms with van der Waals surface area (Å²) in [6.45, 7) is 2.34. The van der Waals surface area contributed by atoms with Crippen molar-refractivity contribution in [3.63, 3.8) is 0 Å². The number of hydrogen-bond acceptors (Lipinski definition) is 5. The Hall–Kier alpha value is -2.93. The monoisotopic (exact) mass is 353 g/mol. The maximum Gasteiger partial charge on any atom is 0.335 e. The Balaban J connectivity index is 1.94. The first-order valence-corrected chi connectivity index (χ1v) is 8.44. The lowest BCUT2D eigenvalue weighted by molar-refractivity contribution is -0.122. The molecule has 1 aliphatic heterocycles. The summed E-state index contributed by atoms with van der Waals surface area (Å²) >= 11 is 1.26. The minimum Gasteiger partial charge on any atom is -0.478 e. The zero-order valence-corrected chi connectivity index (χ0v) is 14.2. The van der Waals surface area contributed by atoms with Crippen molar-refractivity contribution in [3.05, 3.63) is 64.8 Å². The standard InChI is InChI=1S/C18H15N3O3S/c1-2-21-16(22)15(11-13-7-3-4-9-19-13)25-18(21)20-14-8-5-6-12(10-14)17(23)24/h3-11H,2H2,1H3,(H,23,24)/b15-11-,20-18?. The predicted octanol–water partition coefficient (Wildman–Crippen LogP) is 3.40. The molecular formula is C18H15N3O3S. The highest BCUT2D eigenvalue weighted by molar-refractivity contribution is 8.18. The molecule has 3 rings (SSSR count). The molecule has 0 spiro atoms. The summed E-state index contributed by atoms with van der Waals surface area (Å²) in [5.74, 6) is -1.15. The van der Waals surface area contributed by atoms with E-state index >= 15 is 0 Å². The number of nitrogens with zero attached hydrogens (tertiary/aromatic N) is 3. The summed E-state index contributed by atoms with van der Waals surface area (Å²) in [4.78, 5) is 34.4. The van der Waals surface area contributed by atoms with Crippen LogP contribution in [0.1, 0.15) is 23.0 Å². The highest BCUT2D eigenvalue weighted by Crippen LogP contribution is 2.33. The molecule has 0 radical (unpaired) electrons. The van der Waals surface area contributed by atoms with Crippen LogP contribution in [0.5, 0.6) is 0 Å². The molecule has 2 heterocycles. The van der Waals surface area contributed by atoms with Gasteiger partial charge in [-0.1, -0.05) is 12.1 Å². The summed E-state index contributed by atoms with van der Waals surface area (Å²) in [5.41, 5.74) is 1.35. The van der Waals surface area contributed by atoms with Crippen LogP contribution in [-0.2, 0) is 4.79 Å². The molecular weight excluding hydrogens is 338 g/mol. The number of aliphatic imine (C=N–C) groups is 1. The Kier molecular flexibility index (Phi) is 4.95. The first-order valence-electron chi connectivity index (χ1n) is 7.63. The molecule has 1 amide bonds. The third-order valence-corrected chi connectivity index (χ3v) is 4.50. The molecule has 0 unspecified atom stereocenters. The van der Waals surface area contributed by atoms with Gasteiger partial charge in [-0.05, 0) is 55.1 Å². The lowest BCUT2D eigenvalue weighted by Crippen LogP contribution is -2.28. The van der Waals surface area contributed by atoms with Crippen LogP contribution in [0.3, 0.4) is 0 Å². The minimum atomic E-state index is -1.01. The number of carbonyl (C=O) groups is 2. The largest absolute Gasteiger partial charge is 0.478 e. The summed E-state index contributed by atoms with van der Waals surface area (Å²) < 4.78 is 0. The van der Waals surface area contributed by atoms with Crippen LogP contribution in [0.25, 0.3) is 6.08 Å². The molecule has 25 heavy (non-hydrogen) atoms. The van der Waals surface area contributed by atoms with Crippen LogP contribution >= 0.6 is 11.8 Å². The maximum atomic E-state index is 12.6. The van der Waals surface area contributed by atoms with E-state index in [0.717, 1.165) is 0 Å². The van der Waals surface area contributed by atoms with Crippen molar-refractivity contribution in [2.24, 2.45) is 4.99 Å². The van der Waals surface area contributed by atoms with Crippen LogP contribution in [-0.4, -0.2) is 38.6 Å². The number of aromatic nitrogens is 1. The molecule has 1 N–H and O–H groups in total. The molecule has 1 saturated heterocycles. The van der Waals surface area contributed by atoms with Gasteiger partial charge in [-0.25, -0.2) is 9.79 Å². The van der Waals surface area contributed by atoms with E-state index < -0.39 is 5.97 Å². The van der Waals surface area contributed by atoms with Gasteiger partial charge in [0, 0.05) is 12.7 Å². The van der Waals surface area contributed by atoms with Crippen molar-refractivity contribution < 1.29 is 14.7 Å². The summed E-state index contributed by atoms with van der Waals surface area (Å²) in [6, 6.07) is 11.8. The van der Waals surface area contributed by atoms with Crippen molar-refractivity contribution >= 4 is 40.6 Å². The van der Waals surface area contributed by atoms with Gasteiger partial charge in [-0.3, -0.25) is 14.7 Å². The lowest BCUT2D eigenvalue weighted by Gasteiger charge is -2.12. The molecule has 0 atom stereocenters. The molecule has 1 fully saturated rings. The Morgan fingerprint density at radius 2 is 2.16 bits per heavy atom. The van der Waals surface area contributed by atoms with Crippen molar-refractivity contribution in [3.8, 4) is 0 Å². The Morgan fingerprint density at radius 3 is 2.84 bits per heavy atom. The van der Waals surface area contributed by atoms with Crippen molar-refractivity contribution in [2.45, 2.75) is 6.92 Å². The molecule has 0 bridgehead atoms. The number of carbonyl (C=O) groups excluding carboxylic acids is 1. The number of rotatable bonds is 4. The fourth-order valence-corrected chi connectivity index (χ4v) is 3.33. The third kappa shape index (κ3) is 3.77. The molecule has 1 aromatic carbocycles. The van der Waals surface area contributed by atoms with Crippen LogP contribution in [0, 0.1) is 0 Å². The zero-order valence-electron chi connectivity index (χ0n) is 13.4. The van der Waals surface area contributed by atoms with E-state index in [1.54, 1.807) is 29.3 Å². The topological polar surface area (TPSA) is 82.9 Å². The van der Waals surface area contributed by atoms with Gasteiger partial charge in [0.2, 0.25) is 0 Å². The maximum absolute atomic E-state index is 12.6. The zero-order chi connectivity index (χ0) is 17.8. The Labute approximate surface area is 148 Å². The molecule has 6 nitrogen and oxygen atoms in total. The number of carboxylic acid groups (broad SMARTS) is 1. The number of carboxylic acids is 1. The van der Waals surface area contributed by atoms with E-state index in [1.165, 1.54) is 23.9 Å². The van der Waals surface area contributed by atoms with Crippen LogP contribution in [0.15, 0.2) is 58.6 Å². The van der Waals surface area contributed by atoms with Gasteiger partial charge in [0.25, 0.3) is 5.91 Å². The Bertz CT molecular complexity index is 878. The van der Waals surface area contributed by atoms with E-state index in [2.05, 4.69) is 9.98 Å². The van der Waals surface area contributed by atoms with Crippen LogP contribution in [0.4, 0.5) is 5.69 Å². The molecule has 126 valence electrons. The molecule has 1 aromatic heterocycles. The highest BCUT2D eigenvalue weighted by atomic mass is 32.2. The second-order valence-electron chi connectivity index (χ2n) is 5.16. The van der Waals surface area contributed by atoms with E-state index in [4.69, 9.17) is 5.11 Å². The van der Waals surface area contributed by atoms with E-state index in [-0.39, 0.29) is 11.5 Å². The number of hydrogen-bond donors (Lipinski definition) is 1. The molecule has 2 aromatic rings. The van der Waals surface area contributed by atoms with Crippen LogP contribution in [0.2, 0.25) is 0 Å². The number of amides is 1. The third-order valence-electron chi connectivity index (χ3n) is 3.49. The van der Waals surface area contributed by atoms with Gasteiger partial charge in [0.05, 0.1) is 21.8 Å². The summed E-state index contributed by atoms with van der Waals surface area (Å²) in [5, 5.41) is 9.61. The average Bonchev–Trinajstić information content (AvgIpc) is 2.90. The second-order valence-corrected chi connectivity index (χ2v) is 6.17. The highest BCUT2D eigenvalue weighted by Gasteiger charge is 2.32. The van der Waals surface area contributed by atoms with E-state index in [0.29, 0.717) is 28.0 Å². The Morgan fingerprint density at radius 1 is 1.32 bits per heavy atom. The molecule has 1 aliphatic rings. The van der Waals surface area contributed by atoms with Crippen molar-refractivity contribution in [2.75, 3.05) is 6.54 Å². The van der Waals surface area contributed by atoms with E-state index in [9.17, 15) is 9.59 Å². The fraction of sp³-hybridized carbons (Fsp3) is 0.111. The van der Waals surface area contributed by atoms with E-state index in [1.807, 2.05) is 25.1 Å². The van der Waals surface area contributed by atoms with Gasteiger partial charge in [0.15, 0.2) is 5.17 Å². The predicted molar refractivity (Wildman–Crippen MR) is 97.7 cm³/mol. The number of amidine groups is 1. The van der Waals surface area contributed by atoms with Gasteiger partial charge in [0.1, 0.15) is 0 Å². The normalized spacial score (nSPS) is 17.5. The number of aromatic carboxylic acids is 1. The van der Waals surface area contributed by atoms with Gasteiger partial charge >= 0.3 is 5.97 Å². The SMILES string of the molecule is CCN1C(=O)/C(=C/c2ccccn2)SC1=Nc1cccc(C(=O)O)c1. The van der Waals surface area contributed by atoms with Crippen molar-refractivity contribution in [1.29, 1.82) is 0 Å². The quantitative estimate of drug-likeness (QED) is 0.852. The van der Waals surface area contributed by atoms with Crippen LogP contribution < -0.4 is 0 Å². The lowest BCUT2D eigenvalue weighted by atomic mass is 10.2. The average molecular weight is 353 g/mol. The summed E-state index contributed by atoms with van der Waals surface area (Å²) in [7, 11) is 0. The number of benzene rings is 1. The summed E-state index contributed by atoms with van der Waals surface area (Å²) in [6.07, 6.45) is 3.40. The molecule has 0 aliphatic carbocycles. The van der Waals surface area contributed by atoms with Gasteiger partial charge < -0.3 is 5.11 Å². The van der Waals surface area contributed by atoms with Gasteiger partial charge in [-0.15, -0.1) is 0 Å². The van der Waals surface area contributed by atoms with Gasteiger partial charge in [-0.2, -0.15) is 0 Å². The fourth-order valence-electron chi connectivity index (χ4n) is 2.28. The number of pyridine rings is 1. The first kappa shape index (κ1) is 16.9. The second kappa shape index (κ2) is 7.31. The first-order chi connectivity index (χ1) is 12.1. The van der Waals surface area contributed by atoms with Crippen molar-refractivity contribution in [1.82, 2.24) is 9.88 Å². The smallest absolute Gasteiger partial charge is 0.335 e. The number of thioether (sulfide) groups is 1. The molecule has 0 saturated carbocycles. The minimum absolute atomic E-state index is 0.133. The molecule has 7 heteroatoms. The number of likely N-dealkylation sites (N-methyl/N-ethyl adjacent to an activating group) is 1.